The quantitative estimate of drug-likeness (QED) is 0.819. The van der Waals surface area contributed by atoms with E-state index in [1.54, 1.807) is 24.3 Å². The molecule has 1 heterocycles. The molecule has 0 saturated carbocycles. The number of anilines is 1. The molecule has 148 valence electrons. The third-order valence-electron chi connectivity index (χ3n) is 4.93. The summed E-state index contributed by atoms with van der Waals surface area (Å²) in [5, 5.41) is 5.76. The Morgan fingerprint density at radius 1 is 0.964 bits per heavy atom. The van der Waals surface area contributed by atoms with Crippen molar-refractivity contribution in [2.24, 2.45) is 0 Å². The van der Waals surface area contributed by atoms with Crippen LogP contribution >= 0.6 is 0 Å². The molecule has 5 heteroatoms. The van der Waals surface area contributed by atoms with Crippen LogP contribution < -0.4 is 10.6 Å². The minimum Gasteiger partial charge on any atom is -0.376 e. The number of carbonyl (C=O) groups is 2. The van der Waals surface area contributed by atoms with Crippen molar-refractivity contribution in [1.82, 2.24) is 5.32 Å². The topological polar surface area (TPSA) is 67.4 Å². The van der Waals surface area contributed by atoms with Crippen LogP contribution in [0.4, 0.5) is 5.69 Å². The zero-order valence-electron chi connectivity index (χ0n) is 16.7. The van der Waals surface area contributed by atoms with Gasteiger partial charge in [0.25, 0.3) is 11.8 Å². The standard InChI is InChI=1S/C23H28N2O3/c1-23(2,3)18-10-6-17(7-11-18)22(27)25-19-12-8-16(9-13-19)21(26)24-15-20-5-4-14-28-20/h6-13,20H,4-5,14-15H2,1-3H3,(H,24,26)(H,25,27). The maximum Gasteiger partial charge on any atom is 0.255 e. The highest BCUT2D eigenvalue weighted by molar-refractivity contribution is 6.04. The normalized spacial score (nSPS) is 16.6. The molecular formula is C23H28N2O3. The van der Waals surface area contributed by atoms with Gasteiger partial charge in [0.05, 0.1) is 6.10 Å². The maximum atomic E-state index is 12.4. The molecule has 0 radical (unpaired) electrons. The van der Waals surface area contributed by atoms with Gasteiger partial charge in [0, 0.05) is 30.0 Å². The molecule has 3 rings (SSSR count). The van der Waals surface area contributed by atoms with Crippen molar-refractivity contribution >= 4 is 17.5 Å². The zero-order valence-corrected chi connectivity index (χ0v) is 16.7. The summed E-state index contributed by atoms with van der Waals surface area (Å²) >= 11 is 0. The number of hydrogen-bond donors (Lipinski definition) is 2. The molecule has 2 aromatic carbocycles. The van der Waals surface area contributed by atoms with E-state index in [4.69, 9.17) is 4.74 Å². The number of ether oxygens (including phenoxy) is 1. The fourth-order valence-electron chi connectivity index (χ4n) is 3.14. The Morgan fingerprint density at radius 2 is 1.57 bits per heavy atom. The van der Waals surface area contributed by atoms with Gasteiger partial charge in [-0.1, -0.05) is 32.9 Å². The lowest BCUT2D eigenvalue weighted by atomic mass is 9.87. The second-order valence-corrected chi connectivity index (χ2v) is 8.20. The van der Waals surface area contributed by atoms with Crippen LogP contribution in [0.5, 0.6) is 0 Å². The molecule has 1 fully saturated rings. The highest BCUT2D eigenvalue weighted by atomic mass is 16.5. The Bertz CT molecular complexity index is 814. The van der Waals surface area contributed by atoms with Crippen LogP contribution in [0.2, 0.25) is 0 Å². The first kappa shape index (κ1) is 20.1. The zero-order chi connectivity index (χ0) is 20.1. The lowest BCUT2D eigenvalue weighted by molar-refractivity contribution is 0.0857. The summed E-state index contributed by atoms with van der Waals surface area (Å²) in [6, 6.07) is 14.5. The third kappa shape index (κ3) is 5.20. The van der Waals surface area contributed by atoms with Crippen LogP contribution in [-0.4, -0.2) is 31.1 Å². The smallest absolute Gasteiger partial charge is 0.255 e. The fraction of sp³-hybridized carbons (Fsp3) is 0.391. The molecule has 2 N–H and O–H groups in total. The van der Waals surface area contributed by atoms with Gasteiger partial charge in [0.2, 0.25) is 0 Å². The summed E-state index contributed by atoms with van der Waals surface area (Å²) in [5.41, 5.74) is 3.05. The van der Waals surface area contributed by atoms with E-state index < -0.39 is 0 Å². The first-order valence-corrected chi connectivity index (χ1v) is 9.75. The summed E-state index contributed by atoms with van der Waals surface area (Å²) in [6.45, 7) is 7.72. The fourth-order valence-corrected chi connectivity index (χ4v) is 3.14. The van der Waals surface area contributed by atoms with Gasteiger partial charge in [0.15, 0.2) is 0 Å². The molecular weight excluding hydrogens is 352 g/mol. The Morgan fingerprint density at radius 3 is 2.14 bits per heavy atom. The van der Waals surface area contributed by atoms with Crippen LogP contribution in [-0.2, 0) is 10.2 Å². The van der Waals surface area contributed by atoms with Gasteiger partial charge in [-0.25, -0.2) is 0 Å². The van der Waals surface area contributed by atoms with Crippen molar-refractivity contribution in [1.29, 1.82) is 0 Å². The van der Waals surface area contributed by atoms with Crippen LogP contribution in [0.1, 0.15) is 59.9 Å². The van der Waals surface area contributed by atoms with E-state index in [2.05, 4.69) is 31.4 Å². The van der Waals surface area contributed by atoms with E-state index in [-0.39, 0.29) is 23.3 Å². The highest BCUT2D eigenvalue weighted by Crippen LogP contribution is 2.22. The molecule has 1 atom stereocenters. The van der Waals surface area contributed by atoms with Gasteiger partial charge in [-0.05, 0) is 60.2 Å². The summed E-state index contributed by atoms with van der Waals surface area (Å²) in [4.78, 5) is 24.7. The minimum atomic E-state index is -0.170. The molecule has 1 aliphatic rings. The summed E-state index contributed by atoms with van der Waals surface area (Å²) in [5.74, 6) is -0.304. The Kier molecular flexibility index (Phi) is 6.15. The monoisotopic (exact) mass is 380 g/mol. The van der Waals surface area contributed by atoms with Crippen LogP contribution in [0.15, 0.2) is 48.5 Å². The molecule has 0 aromatic heterocycles. The van der Waals surface area contributed by atoms with Crippen molar-refractivity contribution in [3.8, 4) is 0 Å². The first-order valence-electron chi connectivity index (χ1n) is 9.75. The summed E-state index contributed by atoms with van der Waals surface area (Å²) in [7, 11) is 0. The van der Waals surface area contributed by atoms with E-state index in [1.807, 2.05) is 24.3 Å². The third-order valence-corrected chi connectivity index (χ3v) is 4.93. The molecule has 2 aromatic rings. The first-order chi connectivity index (χ1) is 13.3. The second-order valence-electron chi connectivity index (χ2n) is 8.20. The maximum absolute atomic E-state index is 12.4. The van der Waals surface area contributed by atoms with Gasteiger partial charge >= 0.3 is 0 Å². The van der Waals surface area contributed by atoms with Crippen molar-refractivity contribution in [2.45, 2.75) is 45.1 Å². The van der Waals surface area contributed by atoms with Crippen LogP contribution in [0, 0.1) is 0 Å². The van der Waals surface area contributed by atoms with Crippen LogP contribution in [0.25, 0.3) is 0 Å². The Labute approximate surface area is 166 Å². The average molecular weight is 380 g/mol. The van der Waals surface area contributed by atoms with E-state index >= 15 is 0 Å². The molecule has 0 aliphatic carbocycles. The number of rotatable bonds is 5. The predicted molar refractivity (Wildman–Crippen MR) is 111 cm³/mol. The van der Waals surface area contributed by atoms with Crippen molar-refractivity contribution < 1.29 is 14.3 Å². The SMILES string of the molecule is CC(C)(C)c1ccc(C(=O)Nc2ccc(C(=O)NCC3CCCO3)cc2)cc1. The van der Waals surface area contributed by atoms with Gasteiger partial charge in [-0.3, -0.25) is 9.59 Å². The van der Waals surface area contributed by atoms with Gasteiger partial charge < -0.3 is 15.4 Å². The average Bonchev–Trinajstić information content (AvgIpc) is 3.20. The molecule has 0 bridgehead atoms. The minimum absolute atomic E-state index is 0.0509. The van der Waals surface area contributed by atoms with Gasteiger partial charge in [0.1, 0.15) is 0 Å². The Hall–Kier alpha value is -2.66. The number of nitrogens with one attached hydrogen (secondary N) is 2. The number of amides is 2. The number of carbonyl (C=O) groups excluding carboxylic acids is 2. The molecule has 2 amide bonds. The highest BCUT2D eigenvalue weighted by Gasteiger charge is 2.17. The van der Waals surface area contributed by atoms with Crippen LogP contribution in [0.3, 0.4) is 0 Å². The van der Waals surface area contributed by atoms with Gasteiger partial charge in [-0.2, -0.15) is 0 Å². The molecule has 5 nitrogen and oxygen atoms in total. The second kappa shape index (κ2) is 8.57. The van der Waals surface area contributed by atoms with Crippen molar-refractivity contribution in [2.75, 3.05) is 18.5 Å². The Balaban J connectivity index is 1.55. The summed E-state index contributed by atoms with van der Waals surface area (Å²) < 4.78 is 5.51. The van der Waals surface area contributed by atoms with E-state index in [0.29, 0.717) is 23.4 Å². The molecule has 28 heavy (non-hydrogen) atoms. The molecule has 0 spiro atoms. The largest absolute Gasteiger partial charge is 0.376 e. The molecule has 1 unspecified atom stereocenters. The number of benzene rings is 2. The molecule has 1 saturated heterocycles. The van der Waals surface area contributed by atoms with Crippen molar-refractivity contribution in [3.63, 3.8) is 0 Å². The van der Waals surface area contributed by atoms with E-state index in [1.165, 1.54) is 5.56 Å². The van der Waals surface area contributed by atoms with E-state index in [9.17, 15) is 9.59 Å². The van der Waals surface area contributed by atoms with Gasteiger partial charge in [-0.15, -0.1) is 0 Å². The lowest BCUT2D eigenvalue weighted by Crippen LogP contribution is -2.31. The predicted octanol–water partition coefficient (Wildman–Crippen LogP) is 4.15. The van der Waals surface area contributed by atoms with Crippen molar-refractivity contribution in [3.05, 3.63) is 65.2 Å². The number of hydrogen-bond acceptors (Lipinski definition) is 3. The molecule has 1 aliphatic heterocycles. The lowest BCUT2D eigenvalue weighted by Gasteiger charge is -2.19. The summed E-state index contributed by atoms with van der Waals surface area (Å²) in [6.07, 6.45) is 2.16. The van der Waals surface area contributed by atoms with E-state index in [0.717, 1.165) is 19.4 Å².